The quantitative estimate of drug-likeness (QED) is 0.675. The highest BCUT2D eigenvalue weighted by Crippen LogP contribution is 2.43. The maximum atomic E-state index is 15.3. The second kappa shape index (κ2) is 8.10. The lowest BCUT2D eigenvalue weighted by Crippen LogP contribution is -2.35. The van der Waals surface area contributed by atoms with Gasteiger partial charge in [-0.05, 0) is 31.7 Å². The number of aromatic nitrogens is 2. The number of primary amides is 1. The minimum Gasteiger partial charge on any atom is -0.370 e. The summed E-state index contributed by atoms with van der Waals surface area (Å²) in [5.41, 5.74) is 5.41. The summed E-state index contributed by atoms with van der Waals surface area (Å²) in [6, 6.07) is 2.55. The van der Waals surface area contributed by atoms with Gasteiger partial charge in [0.15, 0.2) is 0 Å². The zero-order valence-corrected chi connectivity index (χ0v) is 15.5. The molecule has 0 radical (unpaired) electrons. The number of nitrogens with one attached hydrogen (secondary N) is 1. The van der Waals surface area contributed by atoms with Gasteiger partial charge in [0.1, 0.15) is 11.5 Å². The maximum Gasteiger partial charge on any atom is 0.218 e. The lowest BCUT2D eigenvalue weighted by Gasteiger charge is -2.24. The Labute approximate surface area is 161 Å². The second-order valence-corrected chi connectivity index (χ2v) is 7.21. The Kier molecular flexibility index (Phi) is 5.82. The number of halogens is 2. The predicted molar refractivity (Wildman–Crippen MR) is 98.7 cm³/mol. The van der Waals surface area contributed by atoms with E-state index in [9.17, 15) is 9.59 Å². The first-order valence-corrected chi connectivity index (χ1v) is 9.09. The van der Waals surface area contributed by atoms with Crippen LogP contribution in [0.4, 0.5) is 4.39 Å². The summed E-state index contributed by atoms with van der Waals surface area (Å²) in [4.78, 5) is 31.6. The van der Waals surface area contributed by atoms with E-state index in [2.05, 4.69) is 15.3 Å². The number of nitrogens with two attached hydrogens (primary N) is 1. The first kappa shape index (κ1) is 19.4. The van der Waals surface area contributed by atoms with Gasteiger partial charge in [-0.1, -0.05) is 17.7 Å². The molecule has 1 aliphatic rings. The fourth-order valence-corrected chi connectivity index (χ4v) is 3.37. The van der Waals surface area contributed by atoms with Gasteiger partial charge in [0.05, 0.1) is 16.8 Å². The largest absolute Gasteiger partial charge is 0.370 e. The normalized spacial score (nSPS) is 16.0. The Hall–Kier alpha value is -2.38. The average molecular weight is 391 g/mol. The number of carbonyl (C=O) groups is 2. The molecule has 1 fully saturated rings. The molecule has 3 rings (SSSR count). The Balaban J connectivity index is 1.95. The maximum absolute atomic E-state index is 15.3. The van der Waals surface area contributed by atoms with E-state index in [4.69, 9.17) is 17.3 Å². The summed E-state index contributed by atoms with van der Waals surface area (Å²) in [6.07, 6.45) is 6.09. The van der Waals surface area contributed by atoms with Crippen LogP contribution in [-0.4, -0.2) is 27.7 Å². The molecule has 27 heavy (non-hydrogen) atoms. The summed E-state index contributed by atoms with van der Waals surface area (Å²) < 4.78 is 15.3. The summed E-state index contributed by atoms with van der Waals surface area (Å²) in [5, 5.41) is 3.29. The fraction of sp³-hybridized carbons (Fsp3) is 0.368. The average Bonchev–Trinajstić information content (AvgIpc) is 3.45. The summed E-state index contributed by atoms with van der Waals surface area (Å²) in [6.45, 7) is 1.82. The molecule has 1 saturated carbocycles. The molecule has 1 aromatic carbocycles. The Morgan fingerprint density at radius 3 is 2.70 bits per heavy atom. The van der Waals surface area contributed by atoms with Crippen LogP contribution in [0.2, 0.25) is 5.02 Å². The van der Waals surface area contributed by atoms with Gasteiger partial charge in [0.25, 0.3) is 0 Å². The summed E-state index contributed by atoms with van der Waals surface area (Å²) in [5.74, 6) is -1.49. The number of nitrogens with zero attached hydrogens (tertiary/aromatic N) is 2. The highest BCUT2D eigenvalue weighted by molar-refractivity contribution is 6.34. The number of carbonyl (C=O) groups excluding carboxylic acids is 2. The van der Waals surface area contributed by atoms with Gasteiger partial charge in [-0.15, -0.1) is 0 Å². The first-order chi connectivity index (χ1) is 12.9. The lowest BCUT2D eigenvalue weighted by atomic mass is 9.95. The number of hydrogen-bond acceptors (Lipinski definition) is 5. The monoisotopic (exact) mass is 390 g/mol. The van der Waals surface area contributed by atoms with Crippen molar-refractivity contribution >= 4 is 23.3 Å². The van der Waals surface area contributed by atoms with Crippen molar-refractivity contribution in [1.82, 2.24) is 15.3 Å². The number of ketones is 1. The van der Waals surface area contributed by atoms with E-state index >= 15 is 4.39 Å². The molecule has 3 N–H and O–H groups in total. The topological polar surface area (TPSA) is 98.0 Å². The molecule has 1 heterocycles. The van der Waals surface area contributed by atoms with Crippen molar-refractivity contribution in [3.05, 3.63) is 58.4 Å². The van der Waals surface area contributed by atoms with Crippen LogP contribution in [0, 0.1) is 11.7 Å². The van der Waals surface area contributed by atoms with Crippen LogP contribution in [0.3, 0.4) is 0 Å². The number of hydrogen-bond donors (Lipinski definition) is 2. The zero-order chi connectivity index (χ0) is 19.6. The molecule has 2 atom stereocenters. The predicted octanol–water partition coefficient (Wildman–Crippen LogP) is 2.80. The zero-order valence-electron chi connectivity index (χ0n) is 14.8. The van der Waals surface area contributed by atoms with E-state index in [1.165, 1.54) is 24.7 Å². The van der Waals surface area contributed by atoms with Crippen LogP contribution in [0.5, 0.6) is 0 Å². The molecule has 6 nitrogen and oxygen atoms in total. The van der Waals surface area contributed by atoms with E-state index in [0.717, 1.165) is 12.8 Å². The number of benzene rings is 1. The minimum atomic E-state index is -0.672. The van der Waals surface area contributed by atoms with Crippen LogP contribution in [-0.2, 0) is 4.79 Å². The molecule has 1 aliphatic carbocycles. The van der Waals surface area contributed by atoms with Gasteiger partial charge in [0.2, 0.25) is 11.7 Å². The van der Waals surface area contributed by atoms with Crippen LogP contribution >= 0.6 is 11.6 Å². The van der Waals surface area contributed by atoms with E-state index in [-0.39, 0.29) is 40.7 Å². The second-order valence-electron chi connectivity index (χ2n) is 6.80. The van der Waals surface area contributed by atoms with E-state index in [1.54, 1.807) is 6.07 Å². The number of amides is 1. The van der Waals surface area contributed by atoms with Crippen molar-refractivity contribution in [2.24, 2.45) is 11.7 Å². The minimum absolute atomic E-state index is 0.0200. The highest BCUT2D eigenvalue weighted by atomic mass is 35.5. The van der Waals surface area contributed by atoms with E-state index in [1.807, 2.05) is 6.92 Å². The van der Waals surface area contributed by atoms with Crippen molar-refractivity contribution in [2.45, 2.75) is 38.3 Å². The van der Waals surface area contributed by atoms with Gasteiger partial charge in [-0.25, -0.2) is 9.37 Å². The number of rotatable bonds is 8. The Morgan fingerprint density at radius 1 is 1.37 bits per heavy atom. The molecule has 0 spiro atoms. The standard InChI is InChI=1S/C19H20ClFN4O2/c1-10(8-15(22)26)25-18(11-2-3-11)12-4-5-13(20)16(17(12)21)19(27)14-9-23-6-7-24-14/h4-7,9-11,18,25H,2-3,8H2,1H3,(H2,22,26)/t10-,18+/m0/s1. The van der Waals surface area contributed by atoms with Gasteiger partial charge in [-0.3, -0.25) is 14.6 Å². The fourth-order valence-electron chi connectivity index (χ4n) is 3.14. The van der Waals surface area contributed by atoms with Crippen molar-refractivity contribution in [2.75, 3.05) is 0 Å². The Morgan fingerprint density at radius 2 is 2.11 bits per heavy atom. The lowest BCUT2D eigenvalue weighted by molar-refractivity contribution is -0.118. The molecule has 0 aliphatic heterocycles. The molecule has 0 bridgehead atoms. The van der Waals surface area contributed by atoms with Gasteiger partial charge in [-0.2, -0.15) is 0 Å². The van der Waals surface area contributed by atoms with Crippen molar-refractivity contribution in [3.8, 4) is 0 Å². The first-order valence-electron chi connectivity index (χ1n) is 8.71. The Bertz CT molecular complexity index is 858. The van der Waals surface area contributed by atoms with Crippen molar-refractivity contribution in [1.29, 1.82) is 0 Å². The molecule has 1 aromatic heterocycles. The van der Waals surface area contributed by atoms with Crippen LogP contribution in [0.15, 0.2) is 30.7 Å². The van der Waals surface area contributed by atoms with Gasteiger partial charge in [0, 0.05) is 36.5 Å². The van der Waals surface area contributed by atoms with Crippen molar-refractivity contribution < 1.29 is 14.0 Å². The van der Waals surface area contributed by atoms with E-state index in [0.29, 0.717) is 5.56 Å². The third-order valence-corrected chi connectivity index (χ3v) is 4.86. The van der Waals surface area contributed by atoms with Crippen molar-refractivity contribution in [3.63, 3.8) is 0 Å². The summed E-state index contributed by atoms with van der Waals surface area (Å²) >= 11 is 6.13. The SMILES string of the molecule is C[C@@H](CC(N)=O)N[C@@H](c1ccc(Cl)c(C(=O)c2cnccn2)c1F)C1CC1. The smallest absolute Gasteiger partial charge is 0.218 e. The molecule has 1 amide bonds. The van der Waals surface area contributed by atoms with Crippen LogP contribution in [0.25, 0.3) is 0 Å². The molecule has 0 saturated heterocycles. The van der Waals surface area contributed by atoms with Gasteiger partial charge < -0.3 is 11.1 Å². The van der Waals surface area contributed by atoms with Crippen LogP contribution < -0.4 is 11.1 Å². The third kappa shape index (κ3) is 4.48. The van der Waals surface area contributed by atoms with Gasteiger partial charge >= 0.3 is 0 Å². The van der Waals surface area contributed by atoms with Crippen LogP contribution in [0.1, 0.15) is 53.8 Å². The molecular weight excluding hydrogens is 371 g/mol. The highest BCUT2D eigenvalue weighted by Gasteiger charge is 2.36. The van der Waals surface area contributed by atoms with E-state index < -0.39 is 17.5 Å². The molecular formula is C19H20ClFN4O2. The molecule has 142 valence electrons. The summed E-state index contributed by atoms with van der Waals surface area (Å²) in [7, 11) is 0. The third-order valence-electron chi connectivity index (χ3n) is 4.54. The molecule has 2 aromatic rings. The molecule has 0 unspecified atom stereocenters. The molecule has 8 heteroatoms.